The highest BCUT2D eigenvalue weighted by molar-refractivity contribution is 8.17. The first-order valence-electron chi connectivity index (χ1n) is 9.94. The lowest BCUT2D eigenvalue weighted by molar-refractivity contribution is -0.116. The van der Waals surface area contributed by atoms with Gasteiger partial charge in [0, 0.05) is 48.1 Å². The third kappa shape index (κ3) is 7.33. The molecule has 172 valence electrons. The van der Waals surface area contributed by atoms with Crippen LogP contribution in [0.1, 0.15) is 35.1 Å². The molecule has 10 heteroatoms. The lowest BCUT2D eigenvalue weighted by atomic mass is 10.2. The van der Waals surface area contributed by atoms with Crippen LogP contribution in [0, 0.1) is 6.92 Å². The van der Waals surface area contributed by atoms with Gasteiger partial charge in [-0.1, -0.05) is 0 Å². The molecule has 0 aliphatic rings. The van der Waals surface area contributed by atoms with E-state index in [9.17, 15) is 14.7 Å². The zero-order valence-electron chi connectivity index (χ0n) is 18.4. The number of nitrogen functional groups attached to an aromatic ring is 1. The summed E-state index contributed by atoms with van der Waals surface area (Å²) in [5.74, 6) is 1.46. The van der Waals surface area contributed by atoms with E-state index in [1.807, 2.05) is 0 Å². The van der Waals surface area contributed by atoms with Gasteiger partial charge in [0.2, 0.25) is 11.5 Å². The van der Waals surface area contributed by atoms with Crippen LogP contribution >= 0.6 is 11.8 Å². The largest absolute Gasteiger partial charge is 0.491 e. The molecule has 0 unspecified atom stereocenters. The van der Waals surface area contributed by atoms with E-state index in [-0.39, 0.29) is 30.5 Å². The molecule has 0 saturated carbocycles. The van der Waals surface area contributed by atoms with Crippen molar-refractivity contribution in [2.75, 3.05) is 32.7 Å². The van der Waals surface area contributed by atoms with Crippen molar-refractivity contribution < 1.29 is 24.2 Å². The fourth-order valence-corrected chi connectivity index (χ4v) is 3.66. The first-order chi connectivity index (χ1) is 15.4. The molecule has 9 nitrogen and oxygen atoms in total. The predicted octanol–water partition coefficient (Wildman–Crippen LogP) is 2.54. The summed E-state index contributed by atoms with van der Waals surface area (Å²) < 4.78 is 10.4. The Labute approximate surface area is 191 Å². The fraction of sp³-hybridized carbons (Fsp3) is 0.364. The zero-order chi connectivity index (χ0) is 23.5. The van der Waals surface area contributed by atoms with Crippen molar-refractivity contribution in [1.29, 1.82) is 0 Å². The molecule has 2 rings (SSSR count). The van der Waals surface area contributed by atoms with Gasteiger partial charge in [0.15, 0.2) is 0 Å². The smallest absolute Gasteiger partial charge is 0.223 e. The third-order valence-corrected chi connectivity index (χ3v) is 5.69. The lowest BCUT2D eigenvalue weighted by Crippen LogP contribution is -2.22. The summed E-state index contributed by atoms with van der Waals surface area (Å²) in [5.41, 5.74) is 7.55. The molecular formula is C22H28N4O5S. The predicted molar refractivity (Wildman–Crippen MR) is 123 cm³/mol. The molecule has 1 amide bonds. The SMILES string of the molecule is COCCOc1ccc(C(=O)S/C(CCO)=C(/C)N(C=O)Cc2cnc(C)nc2N)cc1. The van der Waals surface area contributed by atoms with Crippen LogP contribution in [0.4, 0.5) is 5.82 Å². The maximum absolute atomic E-state index is 12.8. The van der Waals surface area contributed by atoms with Crippen molar-refractivity contribution in [3.63, 3.8) is 0 Å². The standard InChI is InChI=1S/C22H28N4O5S/c1-15(26(14-28)13-18-12-24-16(2)25-21(18)23)20(8-9-27)32-22(29)17-4-6-19(7-5-17)31-11-10-30-3/h4-7,12,14,27H,8-11,13H2,1-3H3,(H2,23,24,25)/b20-15-. The van der Waals surface area contributed by atoms with Crippen LogP contribution < -0.4 is 10.5 Å². The van der Waals surface area contributed by atoms with Crippen LogP contribution in [0.5, 0.6) is 5.75 Å². The molecule has 1 aromatic carbocycles. The number of aliphatic hydroxyl groups is 1. The Morgan fingerprint density at radius 3 is 2.59 bits per heavy atom. The van der Waals surface area contributed by atoms with Gasteiger partial charge in [-0.25, -0.2) is 9.97 Å². The summed E-state index contributed by atoms with van der Waals surface area (Å²) in [4.78, 5) is 34.8. The number of thioether (sulfide) groups is 1. The van der Waals surface area contributed by atoms with Gasteiger partial charge in [-0.05, 0) is 49.9 Å². The Kier molecular flexibility index (Phi) is 10.1. The molecule has 0 radical (unpaired) electrons. The second kappa shape index (κ2) is 12.8. The Morgan fingerprint density at radius 2 is 2.00 bits per heavy atom. The van der Waals surface area contributed by atoms with Gasteiger partial charge in [-0.3, -0.25) is 9.59 Å². The Hall–Kier alpha value is -2.95. The molecule has 0 fully saturated rings. The molecule has 0 bridgehead atoms. The number of nitrogens with zero attached hydrogens (tertiary/aromatic N) is 3. The molecule has 32 heavy (non-hydrogen) atoms. The highest BCUT2D eigenvalue weighted by atomic mass is 32.2. The number of hydrogen-bond acceptors (Lipinski definition) is 9. The van der Waals surface area contributed by atoms with Crippen molar-refractivity contribution in [2.45, 2.75) is 26.8 Å². The van der Waals surface area contributed by atoms with E-state index < -0.39 is 0 Å². The highest BCUT2D eigenvalue weighted by Crippen LogP contribution is 2.29. The number of aliphatic hydroxyl groups excluding tert-OH is 1. The number of benzene rings is 1. The summed E-state index contributed by atoms with van der Waals surface area (Å²) in [7, 11) is 1.59. The topological polar surface area (TPSA) is 128 Å². The van der Waals surface area contributed by atoms with Crippen LogP contribution in [0.3, 0.4) is 0 Å². The Balaban J connectivity index is 2.16. The van der Waals surface area contributed by atoms with Crippen LogP contribution in [0.2, 0.25) is 0 Å². The minimum Gasteiger partial charge on any atom is -0.491 e. The summed E-state index contributed by atoms with van der Waals surface area (Å²) in [5, 5.41) is 9.29. The van der Waals surface area contributed by atoms with Gasteiger partial charge in [-0.15, -0.1) is 0 Å². The minimum absolute atomic E-state index is 0.151. The monoisotopic (exact) mass is 460 g/mol. The summed E-state index contributed by atoms with van der Waals surface area (Å²) in [6.07, 6.45) is 2.45. The zero-order valence-corrected chi connectivity index (χ0v) is 19.2. The van der Waals surface area contributed by atoms with Crippen molar-refractivity contribution in [1.82, 2.24) is 14.9 Å². The van der Waals surface area contributed by atoms with Crippen LogP contribution in [-0.2, 0) is 16.1 Å². The number of anilines is 1. The Bertz CT molecular complexity index is 950. The number of nitrogens with two attached hydrogens (primary N) is 1. The van der Waals surface area contributed by atoms with Crippen molar-refractivity contribution in [3.05, 3.63) is 58.0 Å². The molecule has 0 spiro atoms. The normalized spacial score (nSPS) is 11.6. The fourth-order valence-electron chi connectivity index (χ4n) is 2.72. The first kappa shape index (κ1) is 25.3. The van der Waals surface area contributed by atoms with E-state index >= 15 is 0 Å². The first-order valence-corrected chi connectivity index (χ1v) is 10.8. The second-order valence-electron chi connectivity index (χ2n) is 6.80. The van der Waals surface area contributed by atoms with Gasteiger partial charge in [0.25, 0.3) is 0 Å². The lowest BCUT2D eigenvalue weighted by Gasteiger charge is -2.22. The molecule has 2 aromatic rings. The van der Waals surface area contributed by atoms with E-state index in [1.165, 1.54) is 4.90 Å². The molecule has 1 heterocycles. The molecular weight excluding hydrogens is 432 g/mol. The van der Waals surface area contributed by atoms with Gasteiger partial charge >= 0.3 is 0 Å². The quantitative estimate of drug-likeness (QED) is 0.363. The summed E-state index contributed by atoms with van der Waals surface area (Å²) in [6.45, 7) is 4.32. The van der Waals surface area contributed by atoms with Gasteiger partial charge in [0.1, 0.15) is 24.0 Å². The number of ether oxygens (including phenoxy) is 2. The van der Waals surface area contributed by atoms with Crippen molar-refractivity contribution in [3.8, 4) is 5.75 Å². The van der Waals surface area contributed by atoms with Gasteiger partial charge in [0.05, 0.1) is 13.2 Å². The second-order valence-corrected chi connectivity index (χ2v) is 7.87. The van der Waals surface area contributed by atoms with E-state index in [4.69, 9.17) is 15.2 Å². The average Bonchev–Trinajstić information content (AvgIpc) is 2.78. The molecule has 0 aliphatic carbocycles. The van der Waals surface area contributed by atoms with Crippen molar-refractivity contribution >= 4 is 29.1 Å². The number of carbonyl (C=O) groups excluding carboxylic acids is 2. The average molecular weight is 461 g/mol. The van der Waals surface area contributed by atoms with Gasteiger partial charge in [-0.2, -0.15) is 0 Å². The number of carbonyl (C=O) groups is 2. The van der Waals surface area contributed by atoms with E-state index in [1.54, 1.807) is 51.4 Å². The molecule has 0 aliphatic heterocycles. The highest BCUT2D eigenvalue weighted by Gasteiger charge is 2.17. The van der Waals surface area contributed by atoms with Crippen molar-refractivity contribution in [2.24, 2.45) is 0 Å². The summed E-state index contributed by atoms with van der Waals surface area (Å²) in [6, 6.07) is 6.77. The van der Waals surface area contributed by atoms with Gasteiger partial charge < -0.3 is 25.2 Å². The number of methoxy groups -OCH3 is 1. The number of aryl methyl sites for hydroxylation is 1. The van der Waals surface area contributed by atoms with Crippen LogP contribution in [0.25, 0.3) is 0 Å². The number of amides is 1. The van der Waals surface area contributed by atoms with Crippen LogP contribution in [-0.4, -0.2) is 58.4 Å². The Morgan fingerprint density at radius 1 is 1.28 bits per heavy atom. The van der Waals surface area contributed by atoms with E-state index in [0.717, 1.165) is 11.8 Å². The minimum atomic E-state index is -0.208. The van der Waals surface area contributed by atoms with E-state index in [2.05, 4.69) is 9.97 Å². The van der Waals surface area contributed by atoms with E-state index in [0.29, 0.717) is 52.9 Å². The number of hydrogen-bond donors (Lipinski definition) is 2. The third-order valence-electron chi connectivity index (χ3n) is 4.52. The molecule has 3 N–H and O–H groups in total. The number of allylic oxidation sites excluding steroid dienone is 1. The maximum Gasteiger partial charge on any atom is 0.223 e. The van der Waals surface area contributed by atoms with Crippen LogP contribution in [0.15, 0.2) is 41.1 Å². The molecule has 0 saturated heterocycles. The number of aromatic nitrogens is 2. The summed E-state index contributed by atoms with van der Waals surface area (Å²) >= 11 is 0.976. The number of rotatable bonds is 12. The maximum atomic E-state index is 12.8. The molecule has 0 atom stereocenters. The molecule has 1 aromatic heterocycles.